The highest BCUT2D eigenvalue weighted by molar-refractivity contribution is 8.00. The fraction of sp³-hybridized carbons (Fsp3) is 0.412. The Labute approximate surface area is 145 Å². The molecule has 2 N–H and O–H groups in total. The van der Waals surface area contributed by atoms with E-state index in [9.17, 15) is 4.79 Å². The molecule has 0 saturated heterocycles. The van der Waals surface area contributed by atoms with E-state index >= 15 is 0 Å². The summed E-state index contributed by atoms with van der Waals surface area (Å²) in [5.74, 6) is 2.35. The molecule has 1 aromatic heterocycles. The van der Waals surface area contributed by atoms with E-state index in [4.69, 9.17) is 9.47 Å². The fourth-order valence-corrected chi connectivity index (χ4v) is 3.91. The van der Waals surface area contributed by atoms with Crippen LogP contribution in [0.15, 0.2) is 18.2 Å². The van der Waals surface area contributed by atoms with Gasteiger partial charge in [0, 0.05) is 11.3 Å². The minimum absolute atomic E-state index is 0.000278. The number of aryl methyl sites for hydroxylation is 1. The van der Waals surface area contributed by atoms with Crippen LogP contribution in [0.5, 0.6) is 11.5 Å². The van der Waals surface area contributed by atoms with Gasteiger partial charge in [0.25, 0.3) is 0 Å². The van der Waals surface area contributed by atoms with E-state index in [0.29, 0.717) is 23.1 Å². The molecule has 128 valence electrons. The molecule has 1 atom stereocenters. The van der Waals surface area contributed by atoms with E-state index in [1.807, 2.05) is 39.0 Å². The summed E-state index contributed by atoms with van der Waals surface area (Å²) in [6, 6.07) is 5.91. The highest BCUT2D eigenvalue weighted by Gasteiger charge is 2.28. The Kier molecular flexibility index (Phi) is 4.71. The fourth-order valence-electron chi connectivity index (χ4n) is 2.73. The van der Waals surface area contributed by atoms with Crippen molar-refractivity contribution in [2.45, 2.75) is 32.1 Å². The topological polar surface area (TPSA) is 76.2 Å². The van der Waals surface area contributed by atoms with Crippen molar-refractivity contribution >= 4 is 23.5 Å². The number of H-pyrrole nitrogens is 1. The summed E-state index contributed by atoms with van der Waals surface area (Å²) >= 11 is 1.58. The smallest absolute Gasteiger partial charge is 0.235 e. The Balaban J connectivity index is 2.02. The number of nitrogens with one attached hydrogen (secondary N) is 2. The van der Waals surface area contributed by atoms with Crippen LogP contribution in [0.3, 0.4) is 0 Å². The van der Waals surface area contributed by atoms with Crippen LogP contribution in [0.25, 0.3) is 0 Å². The zero-order valence-corrected chi connectivity index (χ0v) is 15.0. The minimum Gasteiger partial charge on any atom is -0.493 e. The largest absolute Gasteiger partial charge is 0.493 e. The zero-order chi connectivity index (χ0) is 17.3. The van der Waals surface area contributed by atoms with Crippen LogP contribution < -0.4 is 14.8 Å². The molecule has 1 aliphatic rings. The lowest BCUT2D eigenvalue weighted by atomic mass is 10.0. The predicted molar refractivity (Wildman–Crippen MR) is 95.0 cm³/mol. The second kappa shape index (κ2) is 6.76. The molecule has 0 saturated carbocycles. The maximum atomic E-state index is 11.9. The number of rotatable bonds is 4. The Morgan fingerprint density at radius 2 is 2.12 bits per heavy atom. The molecule has 1 aromatic carbocycles. The van der Waals surface area contributed by atoms with Crippen LogP contribution in [-0.4, -0.2) is 35.1 Å². The molecule has 6 nitrogen and oxygen atoms in total. The number of methoxy groups -OCH3 is 1. The first kappa shape index (κ1) is 16.7. The van der Waals surface area contributed by atoms with Gasteiger partial charge in [-0.2, -0.15) is 5.10 Å². The van der Waals surface area contributed by atoms with Crippen molar-refractivity contribution in [1.82, 2.24) is 10.2 Å². The van der Waals surface area contributed by atoms with Crippen LogP contribution >= 0.6 is 11.8 Å². The number of anilines is 1. The van der Waals surface area contributed by atoms with Crippen LogP contribution in [0, 0.1) is 6.92 Å². The maximum absolute atomic E-state index is 11.9. The molecule has 2 aromatic rings. The second-order valence-electron chi connectivity index (χ2n) is 5.93. The Hall–Kier alpha value is -2.15. The molecule has 0 aliphatic carbocycles. The number of hydrogen-bond acceptors (Lipinski definition) is 5. The minimum atomic E-state index is -0.0398. The van der Waals surface area contributed by atoms with E-state index < -0.39 is 0 Å². The van der Waals surface area contributed by atoms with Crippen LogP contribution in [-0.2, 0) is 4.79 Å². The molecule has 0 radical (unpaired) electrons. The standard InChI is InChI=1S/C17H21N3O3S/c1-9(2)23-12-6-5-11(7-13(12)22-4)16-15-10(3)19-20-17(15)18-14(21)8-24-16/h5-7,9,16H,8H2,1-4H3,(H2,18,19,20,21)/t16-/m0/s1. The molecule has 1 amide bonds. The maximum Gasteiger partial charge on any atom is 0.235 e. The number of ether oxygens (including phenoxy) is 2. The van der Waals surface area contributed by atoms with Crippen molar-refractivity contribution in [1.29, 1.82) is 0 Å². The zero-order valence-electron chi connectivity index (χ0n) is 14.2. The number of benzene rings is 1. The molecule has 0 fully saturated rings. The van der Waals surface area contributed by atoms with Gasteiger partial charge in [-0.1, -0.05) is 6.07 Å². The van der Waals surface area contributed by atoms with Gasteiger partial charge < -0.3 is 14.8 Å². The van der Waals surface area contributed by atoms with Crippen LogP contribution in [0.1, 0.15) is 35.9 Å². The van der Waals surface area contributed by atoms with Gasteiger partial charge in [-0.05, 0) is 38.5 Å². The number of thioether (sulfide) groups is 1. The number of aromatic nitrogens is 2. The van der Waals surface area contributed by atoms with Gasteiger partial charge in [-0.15, -0.1) is 11.8 Å². The van der Waals surface area contributed by atoms with Gasteiger partial charge in [-0.25, -0.2) is 0 Å². The molecule has 2 heterocycles. The average Bonchev–Trinajstić information content (AvgIpc) is 2.79. The summed E-state index contributed by atoms with van der Waals surface area (Å²) in [7, 11) is 1.63. The first-order chi connectivity index (χ1) is 11.5. The van der Waals surface area contributed by atoms with Crippen molar-refractivity contribution in [3.8, 4) is 11.5 Å². The lowest BCUT2D eigenvalue weighted by Gasteiger charge is -2.19. The number of nitrogens with zero attached hydrogens (tertiary/aromatic N) is 1. The average molecular weight is 347 g/mol. The molecule has 0 bridgehead atoms. The quantitative estimate of drug-likeness (QED) is 0.887. The summed E-state index contributed by atoms with van der Waals surface area (Å²) in [6.07, 6.45) is 0.0709. The van der Waals surface area contributed by atoms with Crippen molar-refractivity contribution in [3.05, 3.63) is 35.0 Å². The number of carbonyl (C=O) groups is 1. The lowest BCUT2D eigenvalue weighted by molar-refractivity contribution is -0.113. The first-order valence-corrected chi connectivity index (χ1v) is 8.85. The van der Waals surface area contributed by atoms with Gasteiger partial charge in [0.2, 0.25) is 5.91 Å². The van der Waals surface area contributed by atoms with E-state index in [2.05, 4.69) is 15.5 Å². The Morgan fingerprint density at radius 3 is 2.83 bits per heavy atom. The summed E-state index contributed by atoms with van der Waals surface area (Å²) in [4.78, 5) is 11.9. The Morgan fingerprint density at radius 1 is 1.33 bits per heavy atom. The molecular formula is C17H21N3O3S. The molecule has 24 heavy (non-hydrogen) atoms. The number of carbonyl (C=O) groups excluding carboxylic acids is 1. The number of amides is 1. The SMILES string of the molecule is COc1cc([C@@H]2SCC(=O)Nc3n[nH]c(C)c32)ccc1OC(C)C. The molecule has 7 heteroatoms. The van der Waals surface area contributed by atoms with E-state index in [0.717, 1.165) is 16.8 Å². The first-order valence-electron chi connectivity index (χ1n) is 7.80. The third-order valence-electron chi connectivity index (χ3n) is 3.75. The van der Waals surface area contributed by atoms with Gasteiger partial charge in [0.1, 0.15) is 0 Å². The predicted octanol–water partition coefficient (Wildman–Crippen LogP) is 3.29. The summed E-state index contributed by atoms with van der Waals surface area (Å²) in [5, 5.41) is 10.0. The summed E-state index contributed by atoms with van der Waals surface area (Å²) in [5.41, 5.74) is 3.01. The molecule has 0 spiro atoms. The molecule has 1 aliphatic heterocycles. The van der Waals surface area contributed by atoms with Crippen molar-refractivity contribution < 1.29 is 14.3 Å². The highest BCUT2D eigenvalue weighted by Crippen LogP contribution is 2.44. The van der Waals surface area contributed by atoms with Gasteiger partial charge in [0.15, 0.2) is 17.3 Å². The monoisotopic (exact) mass is 347 g/mol. The third kappa shape index (κ3) is 3.21. The molecular weight excluding hydrogens is 326 g/mol. The molecule has 0 unspecified atom stereocenters. The third-order valence-corrected chi connectivity index (χ3v) is 5.02. The van der Waals surface area contributed by atoms with E-state index in [1.165, 1.54) is 0 Å². The van der Waals surface area contributed by atoms with Crippen molar-refractivity contribution in [3.63, 3.8) is 0 Å². The number of hydrogen-bond donors (Lipinski definition) is 2. The Bertz CT molecular complexity index is 758. The van der Waals surface area contributed by atoms with E-state index in [-0.39, 0.29) is 17.3 Å². The normalized spacial score (nSPS) is 17.2. The highest BCUT2D eigenvalue weighted by atomic mass is 32.2. The number of aromatic amines is 1. The van der Waals surface area contributed by atoms with Gasteiger partial charge >= 0.3 is 0 Å². The van der Waals surface area contributed by atoms with Crippen molar-refractivity contribution in [2.24, 2.45) is 0 Å². The van der Waals surface area contributed by atoms with Gasteiger partial charge in [-0.3, -0.25) is 9.89 Å². The summed E-state index contributed by atoms with van der Waals surface area (Å²) < 4.78 is 11.3. The van der Waals surface area contributed by atoms with Crippen LogP contribution in [0.4, 0.5) is 5.82 Å². The lowest BCUT2D eigenvalue weighted by Crippen LogP contribution is -2.12. The number of fused-ring (bicyclic) bond motifs is 1. The molecule has 3 rings (SSSR count). The van der Waals surface area contributed by atoms with Crippen LogP contribution in [0.2, 0.25) is 0 Å². The van der Waals surface area contributed by atoms with Crippen molar-refractivity contribution in [2.75, 3.05) is 18.2 Å². The van der Waals surface area contributed by atoms with E-state index in [1.54, 1.807) is 18.9 Å². The van der Waals surface area contributed by atoms with Gasteiger partial charge in [0.05, 0.1) is 24.2 Å². The second-order valence-corrected chi connectivity index (χ2v) is 7.02. The summed E-state index contributed by atoms with van der Waals surface area (Å²) in [6.45, 7) is 5.92.